The number of carboxylic acids is 2. The van der Waals surface area contributed by atoms with Crippen molar-refractivity contribution in [2.24, 2.45) is 0 Å². The Morgan fingerprint density at radius 2 is 1.74 bits per heavy atom. The van der Waals surface area contributed by atoms with Gasteiger partial charge in [-0.25, -0.2) is 4.79 Å². The smallest absolute Gasteiger partial charge is 0.326 e. The molecule has 0 aliphatic rings. The number of amides is 1. The molecule has 8 nitrogen and oxygen atoms in total. The summed E-state index contributed by atoms with van der Waals surface area (Å²) in [7, 11) is 0. The van der Waals surface area contributed by atoms with Crippen LogP contribution in [-0.2, 0) is 9.59 Å². The van der Waals surface area contributed by atoms with Gasteiger partial charge in [-0.3, -0.25) is 9.59 Å². The van der Waals surface area contributed by atoms with E-state index in [9.17, 15) is 19.5 Å². The summed E-state index contributed by atoms with van der Waals surface area (Å²) < 4.78 is 0. The number of benzene rings is 1. The molecule has 1 aromatic rings. The second-order valence-corrected chi connectivity index (χ2v) is 3.67. The minimum absolute atomic E-state index is 0.105. The highest BCUT2D eigenvalue weighted by atomic mass is 16.4. The maximum atomic E-state index is 11.6. The molecule has 0 bridgehead atoms. The quantitative estimate of drug-likeness (QED) is 0.464. The lowest BCUT2D eigenvalue weighted by molar-refractivity contribution is -0.145. The zero-order valence-electron chi connectivity index (χ0n) is 9.53. The van der Waals surface area contributed by atoms with Crippen LogP contribution in [0.1, 0.15) is 16.8 Å². The highest BCUT2D eigenvalue weighted by Crippen LogP contribution is 2.24. The lowest BCUT2D eigenvalue weighted by atomic mass is 10.1. The molecule has 0 unspecified atom stereocenters. The van der Waals surface area contributed by atoms with Crippen molar-refractivity contribution in [2.45, 2.75) is 12.5 Å². The van der Waals surface area contributed by atoms with E-state index in [1.165, 1.54) is 0 Å². The van der Waals surface area contributed by atoms with E-state index in [0.717, 1.165) is 18.2 Å². The first-order valence-corrected chi connectivity index (χ1v) is 5.08. The zero-order valence-corrected chi connectivity index (χ0v) is 9.53. The first-order valence-electron chi connectivity index (χ1n) is 5.08. The van der Waals surface area contributed by atoms with E-state index in [1.54, 1.807) is 0 Å². The van der Waals surface area contributed by atoms with Gasteiger partial charge in [0.1, 0.15) is 6.04 Å². The molecule has 0 saturated carbocycles. The summed E-state index contributed by atoms with van der Waals surface area (Å²) >= 11 is 0. The summed E-state index contributed by atoms with van der Waals surface area (Å²) in [6.45, 7) is 0. The van der Waals surface area contributed by atoms with Crippen LogP contribution in [0.2, 0.25) is 0 Å². The molecule has 1 rings (SSSR count). The van der Waals surface area contributed by atoms with Gasteiger partial charge in [0, 0.05) is 5.56 Å². The molecule has 0 saturated heterocycles. The minimum Gasteiger partial charge on any atom is -0.504 e. The zero-order chi connectivity index (χ0) is 14.6. The van der Waals surface area contributed by atoms with E-state index in [2.05, 4.69) is 0 Å². The van der Waals surface area contributed by atoms with Crippen molar-refractivity contribution < 1.29 is 34.8 Å². The highest BCUT2D eigenvalue weighted by molar-refractivity contribution is 5.97. The van der Waals surface area contributed by atoms with Gasteiger partial charge in [0.05, 0.1) is 6.42 Å². The first-order chi connectivity index (χ1) is 8.81. The number of carbonyl (C=O) groups is 3. The molecular formula is C11H11NO7. The van der Waals surface area contributed by atoms with Crippen LogP contribution in [0.25, 0.3) is 0 Å². The summed E-state index contributed by atoms with van der Waals surface area (Å²) in [4.78, 5) is 32.8. The molecule has 0 radical (unpaired) electrons. The molecule has 1 amide bonds. The normalized spacial score (nSPS) is 11.6. The molecule has 0 aromatic heterocycles. The third-order valence-corrected chi connectivity index (χ3v) is 2.22. The molecule has 1 atom stereocenters. The number of nitrogens with one attached hydrogen (secondary N) is 1. The number of carboxylic acid groups (broad SMARTS) is 2. The van der Waals surface area contributed by atoms with Crippen LogP contribution < -0.4 is 5.32 Å². The Labute approximate surface area is 106 Å². The van der Waals surface area contributed by atoms with E-state index in [-0.39, 0.29) is 5.56 Å². The Kier molecular flexibility index (Phi) is 4.30. The van der Waals surface area contributed by atoms with Crippen molar-refractivity contribution in [3.8, 4) is 11.5 Å². The fraction of sp³-hybridized carbons (Fsp3) is 0.182. The summed E-state index contributed by atoms with van der Waals surface area (Å²) in [6, 6.07) is 1.56. The Bertz CT molecular complexity index is 526. The predicted octanol–water partition coefficient (Wildman–Crippen LogP) is -0.245. The lowest BCUT2D eigenvalue weighted by Crippen LogP contribution is -2.42. The van der Waals surface area contributed by atoms with Gasteiger partial charge in [-0.05, 0) is 18.2 Å². The Morgan fingerprint density at radius 1 is 1.11 bits per heavy atom. The summed E-state index contributed by atoms with van der Waals surface area (Å²) in [6.07, 6.45) is -0.773. The number of rotatable bonds is 5. The van der Waals surface area contributed by atoms with E-state index in [4.69, 9.17) is 15.3 Å². The Hall–Kier alpha value is -2.77. The molecule has 8 heteroatoms. The van der Waals surface area contributed by atoms with Gasteiger partial charge in [0.25, 0.3) is 5.91 Å². The highest BCUT2D eigenvalue weighted by Gasteiger charge is 2.23. The molecule has 0 aliphatic carbocycles. The van der Waals surface area contributed by atoms with Crippen LogP contribution >= 0.6 is 0 Å². The van der Waals surface area contributed by atoms with Gasteiger partial charge in [0.2, 0.25) is 0 Å². The van der Waals surface area contributed by atoms with Gasteiger partial charge in [0.15, 0.2) is 11.5 Å². The topological polar surface area (TPSA) is 144 Å². The van der Waals surface area contributed by atoms with Crippen molar-refractivity contribution in [3.63, 3.8) is 0 Å². The molecule has 1 aromatic carbocycles. The lowest BCUT2D eigenvalue weighted by Gasteiger charge is -2.12. The van der Waals surface area contributed by atoms with Crippen molar-refractivity contribution in [1.82, 2.24) is 5.32 Å². The first kappa shape index (κ1) is 14.3. The standard InChI is InChI=1S/C11H11NO7/c13-7-2-1-5(3-8(7)14)10(17)12-6(11(18)19)4-9(15)16/h1-3,6,13-14H,4H2,(H,12,17)(H,15,16)(H,18,19)/t6-/m0/s1. The van der Waals surface area contributed by atoms with E-state index in [0.29, 0.717) is 0 Å². The van der Waals surface area contributed by atoms with Crippen molar-refractivity contribution >= 4 is 17.8 Å². The number of hydrogen-bond acceptors (Lipinski definition) is 5. The van der Waals surface area contributed by atoms with Crippen molar-refractivity contribution in [1.29, 1.82) is 0 Å². The number of phenols is 2. The number of hydrogen-bond donors (Lipinski definition) is 5. The van der Waals surface area contributed by atoms with E-state index < -0.39 is 41.8 Å². The Balaban J connectivity index is 2.84. The largest absolute Gasteiger partial charge is 0.504 e. The molecular weight excluding hydrogens is 258 g/mol. The van der Waals surface area contributed by atoms with Gasteiger partial charge < -0.3 is 25.7 Å². The van der Waals surface area contributed by atoms with Gasteiger partial charge >= 0.3 is 11.9 Å². The SMILES string of the molecule is O=C(O)C[C@H](NC(=O)c1ccc(O)c(O)c1)C(=O)O. The number of phenolic OH excluding ortho intramolecular Hbond substituents is 2. The summed E-state index contributed by atoms with van der Waals surface area (Å²) in [5, 5.41) is 37.5. The maximum Gasteiger partial charge on any atom is 0.326 e. The third-order valence-electron chi connectivity index (χ3n) is 2.22. The van der Waals surface area contributed by atoms with Gasteiger partial charge in [-0.15, -0.1) is 0 Å². The molecule has 0 heterocycles. The Morgan fingerprint density at radius 3 is 2.21 bits per heavy atom. The van der Waals surface area contributed by atoms with Gasteiger partial charge in [-0.1, -0.05) is 0 Å². The molecule has 0 aliphatic heterocycles. The average Bonchev–Trinajstić information content (AvgIpc) is 2.31. The van der Waals surface area contributed by atoms with E-state index in [1.807, 2.05) is 5.32 Å². The van der Waals surface area contributed by atoms with Crippen LogP contribution in [0.3, 0.4) is 0 Å². The number of aliphatic carboxylic acids is 2. The van der Waals surface area contributed by atoms with Crippen LogP contribution in [0.4, 0.5) is 0 Å². The summed E-state index contributed by atoms with van der Waals surface area (Å²) in [5.41, 5.74) is -0.105. The fourth-order valence-corrected chi connectivity index (χ4v) is 1.28. The van der Waals surface area contributed by atoms with Crippen molar-refractivity contribution in [3.05, 3.63) is 23.8 Å². The van der Waals surface area contributed by atoms with Crippen LogP contribution in [0.5, 0.6) is 11.5 Å². The third kappa shape index (κ3) is 3.87. The van der Waals surface area contributed by atoms with Gasteiger partial charge in [-0.2, -0.15) is 0 Å². The second-order valence-electron chi connectivity index (χ2n) is 3.67. The number of carbonyl (C=O) groups excluding carboxylic acids is 1. The fourth-order valence-electron chi connectivity index (χ4n) is 1.28. The van der Waals surface area contributed by atoms with Crippen LogP contribution in [0, 0.1) is 0 Å². The molecule has 5 N–H and O–H groups in total. The molecule has 102 valence electrons. The summed E-state index contributed by atoms with van der Waals surface area (Å²) in [5.74, 6) is -4.71. The maximum absolute atomic E-state index is 11.6. The minimum atomic E-state index is -1.58. The molecule has 19 heavy (non-hydrogen) atoms. The molecule has 0 spiro atoms. The van der Waals surface area contributed by atoms with Crippen LogP contribution in [0.15, 0.2) is 18.2 Å². The number of aromatic hydroxyl groups is 2. The van der Waals surface area contributed by atoms with Crippen LogP contribution in [-0.4, -0.2) is 44.3 Å². The van der Waals surface area contributed by atoms with E-state index >= 15 is 0 Å². The molecule has 0 fully saturated rings. The average molecular weight is 269 g/mol. The predicted molar refractivity (Wildman–Crippen MR) is 60.9 cm³/mol. The monoisotopic (exact) mass is 269 g/mol. The second kappa shape index (κ2) is 5.71. The van der Waals surface area contributed by atoms with Crippen molar-refractivity contribution in [2.75, 3.05) is 0 Å².